The van der Waals surface area contributed by atoms with Gasteiger partial charge >= 0.3 is 0 Å². The molecule has 0 heterocycles. The summed E-state index contributed by atoms with van der Waals surface area (Å²) in [5.41, 5.74) is 3.35. The van der Waals surface area contributed by atoms with Crippen molar-refractivity contribution in [1.82, 2.24) is 0 Å². The van der Waals surface area contributed by atoms with Gasteiger partial charge in [0.15, 0.2) is 0 Å². The van der Waals surface area contributed by atoms with Gasteiger partial charge in [0.1, 0.15) is 24.2 Å². The molecule has 10 saturated carbocycles. The highest BCUT2D eigenvalue weighted by molar-refractivity contribution is 5.66. The van der Waals surface area contributed by atoms with Crippen LogP contribution in [0.15, 0.2) is 24.3 Å². The molecule has 6 nitrogen and oxygen atoms in total. The van der Waals surface area contributed by atoms with Crippen LogP contribution >= 0.6 is 0 Å². The molecule has 0 spiro atoms. The van der Waals surface area contributed by atoms with Crippen LogP contribution in [0.5, 0.6) is 0 Å². The SMILES string of the molecule is C=C(C)[C@@H]1CC[C@]2(C)CC[C@]3(C)[C@H](CCC4[C@@]5(C)CCC(CC(=O)[O-])([N+](C)(C)CC[N+](C)(C)C6(CC(=O)[O-])CC[C@]7(C)C8CC[C@@H]9[C@H]%10[C@H](C(=C)C)CC[C@]%10(C)CC[C@@]9(C)[C@]8(C)CC[C@H]7C6(C)C)C(C)(C)[C@@H]5CC[C@]43C)[C@@H]12. The molecule has 10 aliphatic carbocycles. The molecule has 20 atom stereocenters. The monoisotopic (exact) mass is 1050 g/mol. The van der Waals surface area contributed by atoms with Gasteiger partial charge in [-0.2, -0.15) is 0 Å². The third kappa shape index (κ3) is 7.12. The molecule has 0 radical (unpaired) electrons. The summed E-state index contributed by atoms with van der Waals surface area (Å²) in [4.78, 5) is 27.0. The summed E-state index contributed by atoms with van der Waals surface area (Å²) in [6.45, 7) is 46.9. The van der Waals surface area contributed by atoms with E-state index in [4.69, 9.17) is 0 Å². The Labute approximate surface area is 466 Å². The van der Waals surface area contributed by atoms with E-state index in [9.17, 15) is 19.8 Å². The second-order valence-corrected chi connectivity index (χ2v) is 35.1. The summed E-state index contributed by atoms with van der Waals surface area (Å²) in [7, 11) is 9.43. The molecule has 0 saturated heterocycles. The standard InChI is InChI=1S/C70H116N2O4/c1-45(2)47-25-29-61(9)33-37-65(13)49(57(47)61)21-23-53-63(11)35-39-69(43-55(73)74,59(5,6)51(63)27-31-67(53,65)15)71(17,18)41-42-72(19,20)70(44-56(75)76)40-36-64(12)52(60(70,7)8)28-32-68(16)54(64)24-22-50-58-48(46(3)4)26-30-62(58,10)34-38-66(50,68)14/h47-54,57-58H,1,3,21-44H2,2,4-20H3/t47-,48-,49+,50+,51-,52-,53?,54?,57+,58+,61+,62+,63-,64-,65+,66+,67+,68+,69?,70?/m0/s1. The number of hydrogen-bond donors (Lipinski definition) is 0. The number of carboxylic acids is 2. The minimum absolute atomic E-state index is 0.0567. The molecule has 10 fully saturated rings. The van der Waals surface area contributed by atoms with Crippen LogP contribution in [-0.4, -0.2) is 73.3 Å². The molecule has 10 rings (SSSR count). The Hall–Kier alpha value is -1.66. The zero-order valence-corrected chi connectivity index (χ0v) is 52.7. The quantitative estimate of drug-likeness (QED) is 0.153. The minimum atomic E-state index is -0.923. The lowest BCUT2D eigenvalue weighted by molar-refractivity contribution is -1.00. The molecule has 0 bridgehead atoms. The molecule has 0 aromatic carbocycles. The van der Waals surface area contributed by atoms with Crippen LogP contribution in [0, 0.1) is 113 Å². The first kappa shape index (κ1) is 57.6. The topological polar surface area (TPSA) is 80.3 Å². The summed E-state index contributed by atoms with van der Waals surface area (Å²) >= 11 is 0. The van der Waals surface area contributed by atoms with Crippen LogP contribution in [0.2, 0.25) is 0 Å². The van der Waals surface area contributed by atoms with E-state index in [-0.39, 0.29) is 56.2 Å². The average molecular weight is 1050 g/mol. The Bertz CT molecular complexity index is 2220. The van der Waals surface area contributed by atoms with Gasteiger partial charge in [-0.25, -0.2) is 0 Å². The van der Waals surface area contributed by atoms with Crippen molar-refractivity contribution in [3.05, 3.63) is 24.3 Å². The fourth-order valence-corrected chi connectivity index (χ4v) is 27.7. The molecular weight excluding hydrogens is 933 g/mol. The Balaban J connectivity index is 0.923. The van der Waals surface area contributed by atoms with Crippen LogP contribution in [0.25, 0.3) is 0 Å². The molecular formula is C70H116N2O4. The van der Waals surface area contributed by atoms with Crippen molar-refractivity contribution in [2.45, 2.75) is 249 Å². The summed E-state index contributed by atoms with van der Waals surface area (Å²) < 4.78 is 1.20. The molecule has 6 heteroatoms. The van der Waals surface area contributed by atoms with Crippen LogP contribution < -0.4 is 10.2 Å². The molecule has 0 aliphatic heterocycles. The fraction of sp³-hybridized carbons (Fsp3) is 0.914. The van der Waals surface area contributed by atoms with Crippen molar-refractivity contribution in [2.24, 2.45) is 113 Å². The van der Waals surface area contributed by atoms with Crippen LogP contribution in [0.4, 0.5) is 0 Å². The number of likely N-dealkylation sites (N-methyl/N-ethyl adjacent to an activating group) is 2. The van der Waals surface area contributed by atoms with Crippen LogP contribution in [0.1, 0.15) is 238 Å². The number of aliphatic carboxylic acids is 2. The maximum absolute atomic E-state index is 13.5. The van der Waals surface area contributed by atoms with E-state index in [1.54, 1.807) is 0 Å². The molecule has 0 aromatic heterocycles. The zero-order chi connectivity index (χ0) is 56.1. The number of carbonyl (C=O) groups is 2. The van der Waals surface area contributed by atoms with E-state index in [0.29, 0.717) is 55.3 Å². The predicted molar refractivity (Wildman–Crippen MR) is 308 cm³/mol. The van der Waals surface area contributed by atoms with Gasteiger partial charge in [0.25, 0.3) is 0 Å². The van der Waals surface area contributed by atoms with Gasteiger partial charge in [-0.1, -0.05) is 107 Å². The second-order valence-electron chi connectivity index (χ2n) is 35.1. The number of carbonyl (C=O) groups excluding carboxylic acids is 2. The van der Waals surface area contributed by atoms with Crippen molar-refractivity contribution in [1.29, 1.82) is 0 Å². The highest BCUT2D eigenvalue weighted by atomic mass is 16.4. The zero-order valence-electron chi connectivity index (χ0n) is 52.7. The number of rotatable bonds is 11. The lowest BCUT2D eigenvalue weighted by Gasteiger charge is -2.75. The maximum Gasteiger partial charge on any atom is 0.129 e. The predicted octanol–water partition coefficient (Wildman–Crippen LogP) is 14.3. The first-order chi connectivity index (χ1) is 34.8. The number of quaternary nitrogens is 2. The number of carboxylic acid groups (broad SMARTS) is 2. The number of allylic oxidation sites excluding steroid dienone is 2. The van der Waals surface area contributed by atoms with Crippen molar-refractivity contribution >= 4 is 11.9 Å². The van der Waals surface area contributed by atoms with Crippen LogP contribution in [0.3, 0.4) is 0 Å². The Morgan fingerprint density at radius 2 is 0.763 bits per heavy atom. The maximum atomic E-state index is 13.5. The first-order valence-corrected chi connectivity index (χ1v) is 32.2. The smallest absolute Gasteiger partial charge is 0.129 e. The minimum Gasteiger partial charge on any atom is -0.550 e. The highest BCUT2D eigenvalue weighted by Gasteiger charge is 2.76. The van der Waals surface area contributed by atoms with E-state index >= 15 is 0 Å². The Kier molecular flexibility index (Phi) is 13.2. The van der Waals surface area contributed by atoms with Gasteiger partial charge in [-0.05, 0) is 232 Å². The lowest BCUT2D eigenvalue weighted by atomic mass is 9.31. The van der Waals surface area contributed by atoms with Crippen molar-refractivity contribution in [2.75, 3.05) is 41.3 Å². The summed E-state index contributed by atoms with van der Waals surface area (Å²) in [6, 6.07) is 0. The van der Waals surface area contributed by atoms with E-state index in [2.05, 4.69) is 138 Å². The molecule has 430 valence electrons. The highest BCUT2D eigenvalue weighted by Crippen LogP contribution is 2.81. The van der Waals surface area contributed by atoms with Gasteiger partial charge in [0, 0.05) is 48.5 Å². The van der Waals surface area contributed by atoms with E-state index in [0.717, 1.165) is 75.3 Å². The van der Waals surface area contributed by atoms with Gasteiger partial charge in [-0.15, -0.1) is 0 Å². The molecule has 4 unspecified atom stereocenters. The Morgan fingerprint density at radius 3 is 1.08 bits per heavy atom. The summed E-state index contributed by atoms with van der Waals surface area (Å²) in [5.74, 6) is 4.42. The first-order valence-electron chi connectivity index (χ1n) is 32.2. The van der Waals surface area contributed by atoms with Gasteiger partial charge in [0.05, 0.1) is 28.2 Å². The van der Waals surface area contributed by atoms with Crippen molar-refractivity contribution in [3.63, 3.8) is 0 Å². The second kappa shape index (κ2) is 17.4. The molecule has 10 aliphatic rings. The van der Waals surface area contributed by atoms with Crippen molar-refractivity contribution < 1.29 is 28.8 Å². The third-order valence-electron chi connectivity index (χ3n) is 32.2. The fourth-order valence-electron chi connectivity index (χ4n) is 27.7. The number of nitrogens with zero attached hydrogens (tertiary/aromatic N) is 2. The third-order valence-corrected chi connectivity index (χ3v) is 32.2. The van der Waals surface area contributed by atoms with Crippen molar-refractivity contribution in [3.8, 4) is 0 Å². The average Bonchev–Trinajstić information content (AvgIpc) is 4.00. The number of fused-ring (bicyclic) bond motifs is 14. The van der Waals surface area contributed by atoms with E-state index in [1.165, 1.54) is 101 Å². The summed E-state index contributed by atoms with van der Waals surface area (Å²) in [6.07, 6.45) is 24.6. The molecule has 0 N–H and O–H groups in total. The van der Waals surface area contributed by atoms with E-state index < -0.39 is 23.0 Å². The summed E-state index contributed by atoms with van der Waals surface area (Å²) in [5, 5.41) is 27.0. The van der Waals surface area contributed by atoms with E-state index in [1.807, 2.05) is 0 Å². The van der Waals surface area contributed by atoms with Gasteiger partial charge < -0.3 is 28.8 Å². The molecule has 0 amide bonds. The van der Waals surface area contributed by atoms with Gasteiger partial charge in [0.2, 0.25) is 0 Å². The lowest BCUT2D eigenvalue weighted by Crippen LogP contribution is -2.78. The normalized spacial score (nSPS) is 52.0. The van der Waals surface area contributed by atoms with Crippen LogP contribution in [-0.2, 0) is 9.59 Å². The Morgan fingerprint density at radius 1 is 0.421 bits per heavy atom. The molecule has 76 heavy (non-hydrogen) atoms. The van der Waals surface area contributed by atoms with Gasteiger partial charge in [-0.3, -0.25) is 0 Å². The number of hydrogen-bond acceptors (Lipinski definition) is 4. The largest absolute Gasteiger partial charge is 0.550 e. The molecule has 0 aromatic rings.